The number of hydrogen-bond acceptors (Lipinski definition) is 8. The van der Waals surface area contributed by atoms with E-state index >= 15 is 0 Å². The van der Waals surface area contributed by atoms with Crippen molar-refractivity contribution in [3.05, 3.63) is 35.4 Å². The van der Waals surface area contributed by atoms with Crippen molar-refractivity contribution < 1.29 is 59.9 Å². The Morgan fingerprint density at radius 3 is 2.29 bits per heavy atom. The van der Waals surface area contributed by atoms with Gasteiger partial charge in [0.15, 0.2) is 11.5 Å². The van der Waals surface area contributed by atoms with Crippen LogP contribution in [-0.2, 0) is 22.2 Å². The standard InChI is InChI=1S/C17H19NO3.H2O4S.5H2O/c1-18-7-6-17-10-3-5-13(20)16(17)21-15-12(19)4-2-9(14(15)17)8-11(10)18;1-5(2,3)4;;;;;/h2-5,10-11,13,16,19-20H,6-8H2,1H3;(H2,1,2,3,4);5*1H2/p-2/t10-,11+,13-,16?,17-;;;;;;/m0....../s1. The number of phenolic OH excluding ortho intramolecular Hbond substituents is 1. The summed E-state index contributed by atoms with van der Waals surface area (Å²) in [6.45, 7) is 1.01. The molecule has 5 atom stereocenters. The Bertz CT molecular complexity index is 883. The molecule has 12 N–H and O–H groups in total. The molecule has 2 heterocycles. The second-order valence-electron chi connectivity index (χ2n) is 7.34. The Labute approximate surface area is 178 Å². The fraction of sp³-hybridized carbons (Fsp3) is 0.529. The summed E-state index contributed by atoms with van der Waals surface area (Å²) in [5.74, 6) is 1.19. The van der Waals surface area contributed by atoms with E-state index in [9.17, 15) is 10.2 Å². The maximum absolute atomic E-state index is 10.4. The molecule has 182 valence electrons. The summed E-state index contributed by atoms with van der Waals surface area (Å²) in [5, 5.41) is 20.6. The number of aromatic hydroxyl groups is 1. The highest BCUT2D eigenvalue weighted by atomic mass is 32.3. The normalized spacial score (nSPS) is 30.7. The van der Waals surface area contributed by atoms with E-state index in [0.717, 1.165) is 19.4 Å². The molecule has 0 saturated carbocycles. The van der Waals surface area contributed by atoms with Gasteiger partial charge in [0.2, 0.25) is 0 Å². The number of aliphatic hydroxyl groups is 1. The molecule has 4 aliphatic rings. The molecule has 0 radical (unpaired) electrons. The zero-order valence-corrected chi connectivity index (χ0v) is 17.3. The van der Waals surface area contributed by atoms with E-state index in [2.05, 4.69) is 18.0 Å². The molecule has 13 nitrogen and oxygen atoms in total. The van der Waals surface area contributed by atoms with Gasteiger partial charge < -0.3 is 56.3 Å². The number of phenols is 1. The van der Waals surface area contributed by atoms with E-state index in [-0.39, 0.29) is 44.6 Å². The van der Waals surface area contributed by atoms with Crippen LogP contribution in [0.15, 0.2) is 24.3 Å². The molecule has 1 aromatic carbocycles. The number of likely N-dealkylation sites (tertiary alicyclic amines) is 1. The predicted octanol–water partition coefficient (Wildman–Crippen LogP) is -4.26. The highest BCUT2D eigenvalue weighted by molar-refractivity contribution is 7.79. The minimum atomic E-state index is -5.17. The number of ether oxygens (including phenoxy) is 1. The van der Waals surface area contributed by atoms with Crippen LogP contribution >= 0.6 is 0 Å². The van der Waals surface area contributed by atoms with Gasteiger partial charge in [-0.1, -0.05) is 18.2 Å². The fourth-order valence-electron chi connectivity index (χ4n) is 5.24. The van der Waals surface area contributed by atoms with Crippen LogP contribution in [0.5, 0.6) is 11.5 Å². The molecule has 1 saturated heterocycles. The topological polar surface area (TPSA) is 291 Å². The summed E-state index contributed by atoms with van der Waals surface area (Å²) in [5.41, 5.74) is 2.29. The average molecular weight is 471 g/mol. The SMILES string of the molecule is CN1CC[C@]23c4c5ccc(O)c4OC2[C@@H](O)C=C[C@H]3[C@H]1C5.O.O.O.O.O.O=S(=O)([O-])[O-]. The van der Waals surface area contributed by atoms with E-state index in [1.54, 1.807) is 6.07 Å². The second-order valence-corrected chi connectivity index (χ2v) is 8.15. The lowest BCUT2D eigenvalue weighted by Gasteiger charge is -2.56. The van der Waals surface area contributed by atoms with Gasteiger partial charge in [0, 0.05) is 33.3 Å². The Hall–Kier alpha value is -1.85. The van der Waals surface area contributed by atoms with E-state index in [1.165, 1.54) is 11.1 Å². The van der Waals surface area contributed by atoms with Crippen molar-refractivity contribution in [3.8, 4) is 11.5 Å². The van der Waals surface area contributed by atoms with Crippen molar-refractivity contribution in [1.82, 2.24) is 4.90 Å². The number of rotatable bonds is 0. The fourth-order valence-corrected chi connectivity index (χ4v) is 5.24. The molecule has 31 heavy (non-hydrogen) atoms. The van der Waals surface area contributed by atoms with Gasteiger partial charge in [-0.3, -0.25) is 8.42 Å². The molecule has 14 heteroatoms. The van der Waals surface area contributed by atoms with Crippen molar-refractivity contribution >= 4 is 10.4 Å². The van der Waals surface area contributed by atoms with Gasteiger partial charge in [-0.2, -0.15) is 0 Å². The first-order chi connectivity index (χ1) is 12.1. The number of hydrogen-bond donors (Lipinski definition) is 2. The highest BCUT2D eigenvalue weighted by Gasteiger charge is 2.64. The maximum atomic E-state index is 10.4. The number of piperidine rings is 1. The van der Waals surface area contributed by atoms with Crippen molar-refractivity contribution in [2.24, 2.45) is 5.92 Å². The lowest BCUT2D eigenvalue weighted by Crippen LogP contribution is -2.64. The zero-order valence-electron chi connectivity index (χ0n) is 16.5. The monoisotopic (exact) mass is 471 g/mol. The summed E-state index contributed by atoms with van der Waals surface area (Å²) < 4.78 is 40.2. The van der Waals surface area contributed by atoms with E-state index in [4.69, 9.17) is 22.3 Å². The third-order valence-corrected chi connectivity index (χ3v) is 6.15. The van der Waals surface area contributed by atoms with Gasteiger partial charge in [0.1, 0.15) is 12.2 Å². The summed E-state index contributed by atoms with van der Waals surface area (Å²) in [6, 6.07) is 4.23. The van der Waals surface area contributed by atoms with Crippen LogP contribution < -0.4 is 4.74 Å². The number of aliphatic hydroxyl groups excluding tert-OH is 1. The van der Waals surface area contributed by atoms with Crippen LogP contribution in [0.2, 0.25) is 0 Å². The molecule has 0 aromatic heterocycles. The molecule has 1 aromatic rings. The number of nitrogens with zero attached hydrogens (tertiary/aromatic N) is 1. The van der Waals surface area contributed by atoms with Gasteiger partial charge in [0.25, 0.3) is 0 Å². The Morgan fingerprint density at radius 2 is 1.71 bits per heavy atom. The maximum Gasteiger partial charge on any atom is 0.165 e. The van der Waals surface area contributed by atoms with Gasteiger partial charge in [0.05, 0.1) is 0 Å². The van der Waals surface area contributed by atoms with Gasteiger partial charge >= 0.3 is 0 Å². The summed E-state index contributed by atoms with van der Waals surface area (Å²) >= 11 is 0. The molecule has 2 bridgehead atoms. The molecule has 2 aliphatic heterocycles. The van der Waals surface area contributed by atoms with Crippen LogP contribution in [0, 0.1) is 5.92 Å². The molecule has 2 aliphatic carbocycles. The molecule has 1 unspecified atom stereocenters. The Balaban J connectivity index is 0. The smallest absolute Gasteiger partial charge is 0.165 e. The number of benzene rings is 1. The average Bonchev–Trinajstić information content (AvgIpc) is 2.89. The van der Waals surface area contributed by atoms with E-state index < -0.39 is 16.5 Å². The quantitative estimate of drug-likeness (QED) is 0.211. The third kappa shape index (κ3) is 4.68. The largest absolute Gasteiger partial charge is 0.759 e. The Morgan fingerprint density at radius 1 is 1.13 bits per heavy atom. The van der Waals surface area contributed by atoms with Crippen molar-refractivity contribution in [3.63, 3.8) is 0 Å². The first-order valence-corrected chi connectivity index (χ1v) is 9.71. The van der Waals surface area contributed by atoms with E-state index in [0.29, 0.717) is 17.7 Å². The zero-order chi connectivity index (χ0) is 18.9. The lowest BCUT2D eigenvalue weighted by atomic mass is 9.53. The second kappa shape index (κ2) is 10.2. The summed E-state index contributed by atoms with van der Waals surface area (Å²) in [6.07, 6.45) is 5.18. The van der Waals surface area contributed by atoms with Gasteiger partial charge in [-0.15, -0.1) is 0 Å². The molecule has 1 spiro atoms. The van der Waals surface area contributed by atoms with Crippen LogP contribution in [0.3, 0.4) is 0 Å². The summed E-state index contributed by atoms with van der Waals surface area (Å²) in [4.78, 5) is 2.43. The van der Waals surface area contributed by atoms with Crippen LogP contribution in [0.4, 0.5) is 0 Å². The van der Waals surface area contributed by atoms with Crippen molar-refractivity contribution in [1.29, 1.82) is 0 Å². The first-order valence-electron chi connectivity index (χ1n) is 8.38. The molecule has 5 rings (SSSR count). The van der Waals surface area contributed by atoms with Crippen LogP contribution in [0.1, 0.15) is 17.5 Å². The van der Waals surface area contributed by atoms with Crippen molar-refractivity contribution in [2.45, 2.75) is 36.5 Å². The minimum absolute atomic E-state index is 0. The molecule has 1 fully saturated rings. The minimum Gasteiger partial charge on any atom is -0.759 e. The predicted molar refractivity (Wildman–Crippen MR) is 106 cm³/mol. The van der Waals surface area contributed by atoms with E-state index in [1.807, 2.05) is 12.1 Å². The summed E-state index contributed by atoms with van der Waals surface area (Å²) in [7, 11) is -2.98. The molecular formula is C17H29NO12S-2. The van der Waals surface area contributed by atoms with Gasteiger partial charge in [-0.25, -0.2) is 0 Å². The van der Waals surface area contributed by atoms with Gasteiger partial charge in [-0.05, 0) is 38.1 Å². The Kier molecular flexibility index (Phi) is 10.3. The van der Waals surface area contributed by atoms with Crippen LogP contribution in [0.25, 0.3) is 0 Å². The number of likely N-dealkylation sites (N-methyl/N-ethyl adjacent to an activating group) is 1. The van der Waals surface area contributed by atoms with Crippen molar-refractivity contribution in [2.75, 3.05) is 13.6 Å². The third-order valence-electron chi connectivity index (χ3n) is 6.15. The molecule has 0 amide bonds. The first kappa shape index (κ1) is 31.3. The highest BCUT2D eigenvalue weighted by Crippen LogP contribution is 2.62. The lowest BCUT2D eigenvalue weighted by molar-refractivity contribution is -0.0453. The molecular weight excluding hydrogens is 442 g/mol. The van der Waals surface area contributed by atoms with Crippen LogP contribution in [-0.4, -0.2) is 91.9 Å².